The van der Waals surface area contributed by atoms with Crippen molar-refractivity contribution < 1.29 is 14.7 Å². The smallest absolute Gasteiger partial charge is 0.326 e. The number of carboxylic acid groups (broad SMARTS) is 1. The number of aryl methyl sites for hydroxylation is 1. The Morgan fingerprint density at radius 3 is 2.77 bits per heavy atom. The quantitative estimate of drug-likeness (QED) is 0.713. The standard InChI is InChI=1S/C14H19N5O3/c1-3-5-11(14(21)22)17-13(20)10-7-15-18-12(10)9-6-16-19(4-2)8-9/h6-8,11H,3-5H2,1-2H3,(H,15,18)(H,17,20)(H,21,22). The highest BCUT2D eigenvalue weighted by Gasteiger charge is 2.23. The largest absolute Gasteiger partial charge is 0.480 e. The lowest BCUT2D eigenvalue weighted by atomic mass is 10.1. The van der Waals surface area contributed by atoms with Crippen molar-refractivity contribution in [2.45, 2.75) is 39.3 Å². The molecule has 2 heterocycles. The van der Waals surface area contributed by atoms with Crippen molar-refractivity contribution in [3.05, 3.63) is 24.2 Å². The molecule has 1 unspecified atom stereocenters. The third kappa shape index (κ3) is 3.33. The molecule has 22 heavy (non-hydrogen) atoms. The Morgan fingerprint density at radius 1 is 1.41 bits per heavy atom. The van der Waals surface area contributed by atoms with E-state index in [1.54, 1.807) is 17.1 Å². The van der Waals surface area contributed by atoms with Crippen molar-refractivity contribution in [1.82, 2.24) is 25.3 Å². The van der Waals surface area contributed by atoms with E-state index < -0.39 is 17.9 Å². The van der Waals surface area contributed by atoms with Crippen molar-refractivity contribution in [3.8, 4) is 11.3 Å². The molecular weight excluding hydrogens is 286 g/mol. The highest BCUT2D eigenvalue weighted by atomic mass is 16.4. The van der Waals surface area contributed by atoms with E-state index in [0.29, 0.717) is 30.6 Å². The van der Waals surface area contributed by atoms with Gasteiger partial charge in [0.25, 0.3) is 5.91 Å². The lowest BCUT2D eigenvalue weighted by molar-refractivity contribution is -0.139. The molecule has 0 spiro atoms. The number of carbonyl (C=O) groups excluding carboxylic acids is 1. The van der Waals surface area contributed by atoms with Crippen molar-refractivity contribution in [2.24, 2.45) is 0 Å². The van der Waals surface area contributed by atoms with Crippen LogP contribution in [0.25, 0.3) is 11.3 Å². The Hall–Kier alpha value is -2.64. The molecular formula is C14H19N5O3. The summed E-state index contributed by atoms with van der Waals surface area (Å²) in [7, 11) is 0. The fourth-order valence-electron chi connectivity index (χ4n) is 2.13. The van der Waals surface area contributed by atoms with Gasteiger partial charge < -0.3 is 10.4 Å². The predicted molar refractivity (Wildman–Crippen MR) is 79.3 cm³/mol. The van der Waals surface area contributed by atoms with Gasteiger partial charge in [0.1, 0.15) is 6.04 Å². The van der Waals surface area contributed by atoms with Gasteiger partial charge in [-0.2, -0.15) is 10.2 Å². The Balaban J connectivity index is 2.20. The summed E-state index contributed by atoms with van der Waals surface area (Å²) in [5, 5.41) is 22.4. The van der Waals surface area contributed by atoms with Gasteiger partial charge in [-0.15, -0.1) is 0 Å². The Morgan fingerprint density at radius 2 is 2.18 bits per heavy atom. The highest BCUT2D eigenvalue weighted by Crippen LogP contribution is 2.20. The van der Waals surface area contributed by atoms with Crippen LogP contribution in [0.4, 0.5) is 0 Å². The first-order valence-electron chi connectivity index (χ1n) is 7.16. The van der Waals surface area contributed by atoms with Gasteiger partial charge in [-0.05, 0) is 13.3 Å². The molecule has 2 rings (SSSR count). The van der Waals surface area contributed by atoms with E-state index in [2.05, 4.69) is 20.6 Å². The molecule has 2 aromatic heterocycles. The number of hydrogen-bond donors (Lipinski definition) is 3. The Labute approximate surface area is 127 Å². The number of aromatic nitrogens is 4. The average Bonchev–Trinajstić information content (AvgIpc) is 3.14. The van der Waals surface area contributed by atoms with Gasteiger partial charge in [0.15, 0.2) is 0 Å². The Kier molecular flexibility index (Phi) is 4.92. The number of H-pyrrole nitrogens is 1. The van der Waals surface area contributed by atoms with E-state index in [4.69, 9.17) is 5.11 Å². The summed E-state index contributed by atoms with van der Waals surface area (Å²) in [5.41, 5.74) is 1.56. The fraction of sp³-hybridized carbons (Fsp3) is 0.429. The molecule has 0 aliphatic carbocycles. The number of carbonyl (C=O) groups is 2. The first-order valence-corrected chi connectivity index (χ1v) is 7.16. The number of nitrogens with one attached hydrogen (secondary N) is 2. The summed E-state index contributed by atoms with van der Waals surface area (Å²) in [4.78, 5) is 23.4. The van der Waals surface area contributed by atoms with Crippen molar-refractivity contribution in [1.29, 1.82) is 0 Å². The van der Waals surface area contributed by atoms with E-state index in [9.17, 15) is 9.59 Å². The molecule has 0 aliphatic heterocycles. The summed E-state index contributed by atoms with van der Waals surface area (Å²) in [6, 6.07) is -0.904. The fourth-order valence-corrected chi connectivity index (χ4v) is 2.13. The zero-order valence-corrected chi connectivity index (χ0v) is 12.5. The summed E-state index contributed by atoms with van der Waals surface area (Å²) in [5.74, 6) is -1.51. The monoisotopic (exact) mass is 305 g/mol. The van der Waals surface area contributed by atoms with Crippen molar-refractivity contribution in [3.63, 3.8) is 0 Å². The van der Waals surface area contributed by atoms with E-state index >= 15 is 0 Å². The van der Waals surface area contributed by atoms with Crippen LogP contribution < -0.4 is 5.32 Å². The molecule has 2 aromatic rings. The second-order valence-electron chi connectivity index (χ2n) is 4.90. The maximum atomic E-state index is 12.3. The first kappa shape index (κ1) is 15.7. The molecule has 0 bridgehead atoms. The van der Waals surface area contributed by atoms with Crippen LogP contribution in [0.2, 0.25) is 0 Å². The summed E-state index contributed by atoms with van der Waals surface area (Å²) in [6.45, 7) is 4.54. The number of carboxylic acids is 1. The maximum absolute atomic E-state index is 12.3. The van der Waals surface area contributed by atoms with E-state index in [1.807, 2.05) is 13.8 Å². The molecule has 8 nitrogen and oxygen atoms in total. The SMILES string of the molecule is CCCC(NC(=O)c1cn[nH]c1-c1cnn(CC)c1)C(=O)O. The second-order valence-corrected chi connectivity index (χ2v) is 4.90. The molecule has 118 valence electrons. The summed E-state index contributed by atoms with van der Waals surface area (Å²) < 4.78 is 1.73. The molecule has 0 radical (unpaired) electrons. The van der Waals surface area contributed by atoms with Crippen LogP contribution in [-0.4, -0.2) is 43.0 Å². The molecule has 0 fully saturated rings. The van der Waals surface area contributed by atoms with Gasteiger partial charge in [0.2, 0.25) is 0 Å². The van der Waals surface area contributed by atoms with Crippen LogP contribution in [0.15, 0.2) is 18.6 Å². The second kappa shape index (κ2) is 6.88. The van der Waals surface area contributed by atoms with Gasteiger partial charge in [-0.3, -0.25) is 14.6 Å². The number of hydrogen-bond acceptors (Lipinski definition) is 4. The van der Waals surface area contributed by atoms with E-state index in [-0.39, 0.29) is 0 Å². The first-order chi connectivity index (χ1) is 10.6. The van der Waals surface area contributed by atoms with Crippen LogP contribution in [0, 0.1) is 0 Å². The Bertz CT molecular complexity index is 661. The lowest BCUT2D eigenvalue weighted by Gasteiger charge is -2.13. The van der Waals surface area contributed by atoms with Crippen LogP contribution in [0.3, 0.4) is 0 Å². The third-order valence-electron chi connectivity index (χ3n) is 3.31. The maximum Gasteiger partial charge on any atom is 0.326 e. The lowest BCUT2D eigenvalue weighted by Crippen LogP contribution is -2.40. The van der Waals surface area contributed by atoms with Crippen LogP contribution in [0.1, 0.15) is 37.0 Å². The molecule has 0 saturated carbocycles. The molecule has 0 aromatic carbocycles. The van der Waals surface area contributed by atoms with Crippen molar-refractivity contribution >= 4 is 11.9 Å². The summed E-state index contributed by atoms with van der Waals surface area (Å²) in [6.07, 6.45) is 5.86. The van der Waals surface area contributed by atoms with Crippen molar-refractivity contribution in [2.75, 3.05) is 0 Å². The summed E-state index contributed by atoms with van der Waals surface area (Å²) >= 11 is 0. The minimum Gasteiger partial charge on any atom is -0.480 e. The molecule has 1 amide bonds. The van der Waals surface area contributed by atoms with Gasteiger partial charge in [0, 0.05) is 18.3 Å². The van der Waals surface area contributed by atoms with Crippen LogP contribution in [0.5, 0.6) is 0 Å². The van der Waals surface area contributed by atoms with Gasteiger partial charge >= 0.3 is 5.97 Å². The van der Waals surface area contributed by atoms with E-state index in [0.717, 1.165) is 5.56 Å². The third-order valence-corrected chi connectivity index (χ3v) is 3.31. The minimum atomic E-state index is -1.04. The van der Waals surface area contributed by atoms with Gasteiger partial charge in [-0.1, -0.05) is 13.3 Å². The molecule has 3 N–H and O–H groups in total. The highest BCUT2D eigenvalue weighted by molar-refractivity contribution is 6.01. The molecule has 0 saturated heterocycles. The number of aliphatic carboxylic acids is 1. The van der Waals surface area contributed by atoms with Gasteiger partial charge in [-0.25, -0.2) is 4.79 Å². The van der Waals surface area contributed by atoms with E-state index in [1.165, 1.54) is 6.20 Å². The predicted octanol–water partition coefficient (Wildman–Crippen LogP) is 1.28. The zero-order chi connectivity index (χ0) is 16.1. The molecule has 0 aliphatic rings. The number of nitrogens with zero attached hydrogens (tertiary/aromatic N) is 3. The number of rotatable bonds is 7. The van der Waals surface area contributed by atoms with Crippen LogP contribution in [-0.2, 0) is 11.3 Å². The topological polar surface area (TPSA) is 113 Å². The molecule has 8 heteroatoms. The number of aromatic amines is 1. The average molecular weight is 305 g/mol. The number of amides is 1. The molecule has 1 atom stereocenters. The minimum absolute atomic E-state index is 0.304. The van der Waals surface area contributed by atoms with Crippen LogP contribution >= 0.6 is 0 Å². The normalized spacial score (nSPS) is 12.1. The van der Waals surface area contributed by atoms with Gasteiger partial charge in [0.05, 0.1) is 23.7 Å². The zero-order valence-electron chi connectivity index (χ0n) is 12.5.